The van der Waals surface area contributed by atoms with E-state index in [-0.39, 0.29) is 49.8 Å². The summed E-state index contributed by atoms with van der Waals surface area (Å²) in [6.07, 6.45) is 2.27. The summed E-state index contributed by atoms with van der Waals surface area (Å²) in [6.45, 7) is -0.000730. The van der Waals surface area contributed by atoms with Crippen molar-refractivity contribution in [1.82, 2.24) is 4.90 Å². The van der Waals surface area contributed by atoms with Gasteiger partial charge in [0, 0.05) is 29.5 Å². The van der Waals surface area contributed by atoms with Crippen LogP contribution in [0.1, 0.15) is 42.7 Å². The molecule has 7 rings (SSSR count). The van der Waals surface area contributed by atoms with E-state index in [0.29, 0.717) is 21.8 Å². The van der Waals surface area contributed by atoms with Gasteiger partial charge in [-0.05, 0) is 55.0 Å². The van der Waals surface area contributed by atoms with Gasteiger partial charge >= 0.3 is 5.97 Å². The van der Waals surface area contributed by atoms with Crippen LogP contribution < -0.4 is 4.90 Å². The zero-order valence-electron chi connectivity index (χ0n) is 24.7. The molecule has 234 valence electrons. The number of benzene rings is 3. The Bertz CT molecular complexity index is 1820. The van der Waals surface area contributed by atoms with E-state index in [1.807, 2.05) is 36.4 Å². The second-order valence-electron chi connectivity index (χ2n) is 12.5. The number of likely N-dealkylation sites (tertiary alicyclic amines) is 1. The lowest BCUT2D eigenvalue weighted by Gasteiger charge is -2.50. The first-order valence-corrected chi connectivity index (χ1v) is 15.8. The number of hydrogen-bond acceptors (Lipinski definition) is 6. The smallest absolute Gasteiger partial charge is 0.303 e. The van der Waals surface area contributed by atoms with E-state index in [1.54, 1.807) is 48.5 Å². The minimum Gasteiger partial charge on any atom is -0.508 e. The van der Waals surface area contributed by atoms with Gasteiger partial charge in [-0.15, -0.1) is 0 Å². The molecule has 0 aromatic heterocycles. The van der Waals surface area contributed by atoms with Crippen LogP contribution in [0.3, 0.4) is 0 Å². The second-order valence-corrected chi connectivity index (χ2v) is 12.9. The van der Waals surface area contributed by atoms with Crippen LogP contribution in [0.2, 0.25) is 5.02 Å². The first-order chi connectivity index (χ1) is 22.2. The number of phenols is 1. The summed E-state index contributed by atoms with van der Waals surface area (Å²) in [6, 6.07) is 22.4. The van der Waals surface area contributed by atoms with Crippen LogP contribution in [0.15, 0.2) is 90.5 Å². The highest BCUT2D eigenvalue weighted by molar-refractivity contribution is 6.32. The molecule has 2 N–H and O–H groups in total. The molecule has 2 aliphatic heterocycles. The van der Waals surface area contributed by atoms with Gasteiger partial charge in [-0.3, -0.25) is 28.9 Å². The van der Waals surface area contributed by atoms with Crippen LogP contribution in [0, 0.1) is 23.7 Å². The molecule has 0 bridgehead atoms. The fourth-order valence-electron chi connectivity index (χ4n) is 8.49. The van der Waals surface area contributed by atoms with Gasteiger partial charge in [0.2, 0.25) is 23.6 Å². The summed E-state index contributed by atoms with van der Waals surface area (Å²) in [4.78, 5) is 70.8. The van der Waals surface area contributed by atoms with E-state index in [4.69, 9.17) is 16.7 Å². The van der Waals surface area contributed by atoms with Crippen molar-refractivity contribution in [1.29, 1.82) is 0 Å². The summed E-state index contributed by atoms with van der Waals surface area (Å²) in [5.41, 5.74) is 0.665. The van der Waals surface area contributed by atoms with Crippen LogP contribution in [0.25, 0.3) is 0 Å². The number of carboxylic acid groups (broad SMARTS) is 1. The fourth-order valence-corrected chi connectivity index (χ4v) is 8.68. The third-order valence-electron chi connectivity index (χ3n) is 10.3. The number of aliphatic carboxylic acids is 1. The molecule has 1 saturated carbocycles. The number of hydrogen-bond donors (Lipinski definition) is 2. The summed E-state index contributed by atoms with van der Waals surface area (Å²) < 4.78 is 0. The molecular weight excluding hydrogens is 608 g/mol. The summed E-state index contributed by atoms with van der Waals surface area (Å²) in [5, 5.41) is 20.8. The molecule has 4 amide bonds. The molecule has 3 aromatic rings. The summed E-state index contributed by atoms with van der Waals surface area (Å²) in [7, 11) is 0. The van der Waals surface area contributed by atoms with Crippen LogP contribution in [-0.4, -0.2) is 51.3 Å². The molecule has 4 aliphatic rings. The summed E-state index contributed by atoms with van der Waals surface area (Å²) in [5.74, 6) is -6.43. The number of allylic oxidation sites excluding steroid dienone is 2. The molecule has 9 nitrogen and oxygen atoms in total. The van der Waals surface area contributed by atoms with Gasteiger partial charge in [-0.2, -0.15) is 0 Å². The lowest BCUT2D eigenvalue weighted by Crippen LogP contribution is -2.53. The van der Waals surface area contributed by atoms with Crippen molar-refractivity contribution in [3.8, 4) is 5.75 Å². The van der Waals surface area contributed by atoms with E-state index >= 15 is 4.79 Å². The Kier molecular flexibility index (Phi) is 7.31. The van der Waals surface area contributed by atoms with Crippen molar-refractivity contribution >= 4 is 46.9 Å². The normalized spacial score (nSPS) is 28.5. The minimum atomic E-state index is -1.47. The van der Waals surface area contributed by atoms with Crippen LogP contribution >= 0.6 is 11.6 Å². The number of carbonyl (C=O) groups excluding carboxylic acids is 4. The maximum Gasteiger partial charge on any atom is 0.303 e. The van der Waals surface area contributed by atoms with Gasteiger partial charge in [0.25, 0.3) is 0 Å². The first-order valence-electron chi connectivity index (χ1n) is 15.4. The molecule has 2 aliphatic carbocycles. The molecule has 2 heterocycles. The number of aromatic hydroxyl groups is 1. The predicted molar refractivity (Wildman–Crippen MR) is 168 cm³/mol. The molecule has 6 unspecified atom stereocenters. The highest BCUT2D eigenvalue weighted by atomic mass is 35.5. The maximum atomic E-state index is 15.1. The largest absolute Gasteiger partial charge is 0.508 e. The van der Waals surface area contributed by atoms with E-state index < -0.39 is 52.8 Å². The topological polar surface area (TPSA) is 132 Å². The number of phenolic OH excluding ortho intramolecular Hbond substituents is 1. The number of fused-ring (bicyclic) bond motifs is 4. The number of imide groups is 2. The molecule has 0 radical (unpaired) electrons. The number of carbonyl (C=O) groups is 5. The van der Waals surface area contributed by atoms with Crippen molar-refractivity contribution in [3.05, 3.63) is 107 Å². The minimum absolute atomic E-state index is 0.000730. The number of amides is 4. The predicted octanol–water partition coefficient (Wildman–Crippen LogP) is 5.07. The van der Waals surface area contributed by atoms with Crippen LogP contribution in [-0.2, 0) is 29.4 Å². The number of rotatable bonds is 7. The molecule has 3 aromatic carbocycles. The van der Waals surface area contributed by atoms with Crippen LogP contribution in [0.4, 0.5) is 5.69 Å². The number of para-hydroxylation sites is 1. The Morgan fingerprint density at radius 2 is 1.63 bits per heavy atom. The first kappa shape index (κ1) is 29.9. The molecule has 2 saturated heterocycles. The van der Waals surface area contributed by atoms with Gasteiger partial charge in [0.05, 0.1) is 28.9 Å². The van der Waals surface area contributed by atoms with E-state index in [0.717, 1.165) is 5.57 Å². The fraction of sp³-hybridized carbons (Fsp3) is 0.306. The summed E-state index contributed by atoms with van der Waals surface area (Å²) >= 11 is 6.33. The highest BCUT2D eigenvalue weighted by Crippen LogP contribution is 2.65. The number of nitrogens with zero attached hydrogens (tertiary/aromatic N) is 2. The Balaban J connectivity index is 1.42. The number of carboxylic acids is 1. The van der Waals surface area contributed by atoms with Crippen LogP contribution in [0.5, 0.6) is 5.75 Å². The van der Waals surface area contributed by atoms with E-state index in [9.17, 15) is 24.3 Å². The Hall–Kier alpha value is -4.76. The van der Waals surface area contributed by atoms with Gasteiger partial charge in [-0.1, -0.05) is 77.8 Å². The van der Waals surface area contributed by atoms with E-state index in [2.05, 4.69) is 0 Å². The monoisotopic (exact) mass is 638 g/mol. The maximum absolute atomic E-state index is 15.1. The molecular formula is C36H31ClN2O7. The number of anilines is 1. The van der Waals surface area contributed by atoms with Gasteiger partial charge in [-0.25, -0.2) is 4.90 Å². The average molecular weight is 639 g/mol. The second kappa shape index (κ2) is 11.2. The zero-order chi connectivity index (χ0) is 32.3. The standard InChI is InChI=1S/C36H31ClN2O7/c37-21-10-6-11-22(18-21)39-33(44)27-19-26-23(15-16-25-30(26)34(45)38(32(25)43)17-7-14-29(41)42)31(24-12-4-5-13-28(24)40)36(27,35(39)46)20-8-2-1-3-9-20/h1-6,8-13,15,18,25-27,30-31,40H,7,14,16-17,19H2,(H,41,42). The molecule has 6 atom stereocenters. The third-order valence-corrected chi connectivity index (χ3v) is 10.5. The molecule has 0 spiro atoms. The van der Waals surface area contributed by atoms with Crippen molar-refractivity contribution in [2.24, 2.45) is 23.7 Å². The Morgan fingerprint density at radius 3 is 2.35 bits per heavy atom. The van der Waals surface area contributed by atoms with E-state index in [1.165, 1.54) is 9.80 Å². The third kappa shape index (κ3) is 4.32. The average Bonchev–Trinajstić information content (AvgIpc) is 3.42. The van der Waals surface area contributed by atoms with Crippen molar-refractivity contribution in [3.63, 3.8) is 0 Å². The lowest BCUT2D eigenvalue weighted by atomic mass is 9.49. The van der Waals surface area contributed by atoms with Crippen molar-refractivity contribution in [2.75, 3.05) is 11.4 Å². The van der Waals surface area contributed by atoms with Crippen molar-refractivity contribution in [2.45, 2.75) is 37.0 Å². The Labute approximate surface area is 270 Å². The lowest BCUT2D eigenvalue weighted by molar-refractivity contribution is -0.142. The molecule has 3 fully saturated rings. The van der Waals surface area contributed by atoms with Gasteiger partial charge < -0.3 is 10.2 Å². The SMILES string of the molecule is O=C(O)CCCN1C(=O)C2CC=C3C(CC4C(=O)N(c5cccc(Cl)c5)C(=O)C4(c4ccccc4)C3c3ccccc3O)C2C1=O. The van der Waals surface area contributed by atoms with Crippen molar-refractivity contribution < 1.29 is 34.2 Å². The quantitative estimate of drug-likeness (QED) is 0.273. The van der Waals surface area contributed by atoms with Gasteiger partial charge in [0.15, 0.2) is 0 Å². The zero-order valence-corrected chi connectivity index (χ0v) is 25.5. The highest BCUT2D eigenvalue weighted by Gasteiger charge is 2.70. The molecule has 10 heteroatoms. The van der Waals surface area contributed by atoms with Gasteiger partial charge in [0.1, 0.15) is 5.75 Å². The molecule has 46 heavy (non-hydrogen) atoms. The Morgan fingerprint density at radius 1 is 0.891 bits per heavy atom. The number of halogens is 1.